The van der Waals surface area contributed by atoms with E-state index < -0.39 is 0 Å². The number of anilines is 1. The summed E-state index contributed by atoms with van der Waals surface area (Å²) in [5.74, 6) is 1.06. The van der Waals surface area contributed by atoms with Crippen molar-refractivity contribution in [3.8, 4) is 6.07 Å². The van der Waals surface area contributed by atoms with E-state index in [1.807, 2.05) is 24.4 Å². The maximum Gasteiger partial charge on any atom is 0.220 e. The molecule has 27 heavy (non-hydrogen) atoms. The molecule has 140 valence electrons. The maximum absolute atomic E-state index is 12.1. The Hall–Kier alpha value is -2.87. The van der Waals surface area contributed by atoms with Crippen molar-refractivity contribution in [3.63, 3.8) is 0 Å². The van der Waals surface area contributed by atoms with Gasteiger partial charge in [0, 0.05) is 32.3 Å². The van der Waals surface area contributed by atoms with Gasteiger partial charge in [-0.2, -0.15) is 5.26 Å². The highest BCUT2D eigenvalue weighted by Gasteiger charge is 2.11. The molecule has 0 atom stereocenters. The topological polar surface area (TPSA) is 69.0 Å². The molecule has 0 spiro atoms. The summed E-state index contributed by atoms with van der Waals surface area (Å²) in [7, 11) is 0. The first-order valence-corrected chi connectivity index (χ1v) is 9.70. The maximum atomic E-state index is 12.1. The van der Waals surface area contributed by atoms with E-state index in [2.05, 4.69) is 27.3 Å². The highest BCUT2D eigenvalue weighted by atomic mass is 16.1. The van der Waals surface area contributed by atoms with Crippen molar-refractivity contribution < 1.29 is 4.79 Å². The zero-order valence-corrected chi connectivity index (χ0v) is 15.7. The molecule has 1 fully saturated rings. The average Bonchev–Trinajstić information content (AvgIpc) is 3.01. The first kappa shape index (κ1) is 18.9. The van der Waals surface area contributed by atoms with E-state index in [0.29, 0.717) is 24.9 Å². The van der Waals surface area contributed by atoms with Crippen LogP contribution in [0.25, 0.3) is 0 Å². The van der Waals surface area contributed by atoms with Gasteiger partial charge in [-0.3, -0.25) is 4.79 Å². The Morgan fingerprint density at radius 2 is 1.74 bits per heavy atom. The molecule has 5 nitrogen and oxygen atoms in total. The van der Waals surface area contributed by atoms with Gasteiger partial charge < -0.3 is 10.2 Å². The van der Waals surface area contributed by atoms with E-state index in [0.717, 1.165) is 30.0 Å². The van der Waals surface area contributed by atoms with Crippen LogP contribution in [0.15, 0.2) is 42.6 Å². The molecule has 3 rings (SSSR count). The van der Waals surface area contributed by atoms with Crippen LogP contribution in [0, 0.1) is 11.3 Å². The average molecular weight is 362 g/mol. The second-order valence-corrected chi connectivity index (χ2v) is 7.01. The Labute approximate surface area is 161 Å². The van der Waals surface area contributed by atoms with Gasteiger partial charge in [0.1, 0.15) is 5.82 Å². The normalized spacial score (nSPS) is 14.3. The molecule has 1 aliphatic rings. The summed E-state index contributed by atoms with van der Waals surface area (Å²) < 4.78 is 0. The van der Waals surface area contributed by atoms with Crippen LogP contribution in [0.5, 0.6) is 0 Å². The van der Waals surface area contributed by atoms with Gasteiger partial charge in [-0.15, -0.1) is 0 Å². The van der Waals surface area contributed by atoms with Gasteiger partial charge in [-0.1, -0.05) is 31.0 Å². The number of amides is 1. The summed E-state index contributed by atoms with van der Waals surface area (Å²) in [4.78, 5) is 19.0. The second-order valence-electron chi connectivity index (χ2n) is 7.01. The van der Waals surface area contributed by atoms with E-state index in [1.54, 1.807) is 12.1 Å². The predicted molar refractivity (Wildman–Crippen MR) is 106 cm³/mol. The van der Waals surface area contributed by atoms with Gasteiger partial charge in [-0.25, -0.2) is 4.98 Å². The van der Waals surface area contributed by atoms with Crippen LogP contribution in [0.4, 0.5) is 5.82 Å². The molecule has 0 radical (unpaired) electrons. The van der Waals surface area contributed by atoms with Crippen molar-refractivity contribution >= 4 is 11.7 Å². The molecule has 2 heterocycles. The fourth-order valence-electron chi connectivity index (χ4n) is 3.30. The van der Waals surface area contributed by atoms with Crippen molar-refractivity contribution in [3.05, 3.63) is 59.3 Å². The molecule has 1 aromatic heterocycles. The number of nitrogens with zero attached hydrogens (tertiary/aromatic N) is 3. The minimum atomic E-state index is 0.0240. The fraction of sp³-hybridized carbons (Fsp3) is 0.409. The van der Waals surface area contributed by atoms with E-state index in [4.69, 9.17) is 5.26 Å². The summed E-state index contributed by atoms with van der Waals surface area (Å²) in [6.45, 7) is 2.66. The monoisotopic (exact) mass is 362 g/mol. The largest absolute Gasteiger partial charge is 0.357 e. The van der Waals surface area contributed by atoms with Crippen molar-refractivity contribution in [1.82, 2.24) is 10.3 Å². The zero-order valence-electron chi connectivity index (χ0n) is 15.7. The summed E-state index contributed by atoms with van der Waals surface area (Å²) >= 11 is 0. The summed E-state index contributed by atoms with van der Waals surface area (Å²) in [6.07, 6.45) is 8.06. The molecule has 0 saturated carbocycles. The van der Waals surface area contributed by atoms with Crippen molar-refractivity contribution in [2.75, 3.05) is 18.0 Å². The number of aryl methyl sites for hydroxylation is 1. The van der Waals surface area contributed by atoms with E-state index in [-0.39, 0.29) is 5.91 Å². The van der Waals surface area contributed by atoms with Crippen LogP contribution in [0.2, 0.25) is 0 Å². The lowest BCUT2D eigenvalue weighted by atomic mass is 10.1. The number of nitriles is 1. The number of carbonyl (C=O) groups is 1. The minimum Gasteiger partial charge on any atom is -0.357 e. The molecule has 2 aromatic rings. The molecule has 0 bridgehead atoms. The van der Waals surface area contributed by atoms with Gasteiger partial charge in [-0.05, 0) is 48.6 Å². The van der Waals surface area contributed by atoms with Crippen molar-refractivity contribution in [1.29, 1.82) is 5.26 Å². The molecule has 0 unspecified atom stereocenters. The van der Waals surface area contributed by atoms with Crippen LogP contribution >= 0.6 is 0 Å². The van der Waals surface area contributed by atoms with E-state index in [1.165, 1.54) is 25.7 Å². The molecule has 1 amide bonds. The number of pyridine rings is 1. The van der Waals surface area contributed by atoms with Crippen LogP contribution in [0.1, 0.15) is 48.8 Å². The number of benzene rings is 1. The summed E-state index contributed by atoms with van der Waals surface area (Å²) in [5.41, 5.74) is 2.72. The number of hydrogen-bond acceptors (Lipinski definition) is 4. The Morgan fingerprint density at radius 3 is 2.37 bits per heavy atom. The van der Waals surface area contributed by atoms with Gasteiger partial charge >= 0.3 is 0 Å². The van der Waals surface area contributed by atoms with Crippen molar-refractivity contribution in [2.24, 2.45) is 0 Å². The van der Waals surface area contributed by atoms with Gasteiger partial charge in [0.2, 0.25) is 5.91 Å². The number of rotatable bonds is 6. The molecule has 0 aliphatic carbocycles. The van der Waals surface area contributed by atoms with Crippen LogP contribution in [-0.2, 0) is 17.8 Å². The Morgan fingerprint density at radius 1 is 1.04 bits per heavy atom. The number of hydrogen-bond donors (Lipinski definition) is 1. The lowest BCUT2D eigenvalue weighted by Gasteiger charge is -2.21. The van der Waals surface area contributed by atoms with E-state index in [9.17, 15) is 4.79 Å². The first-order chi connectivity index (χ1) is 13.2. The first-order valence-electron chi connectivity index (χ1n) is 9.70. The molecular formula is C22H26N4O. The molecule has 1 N–H and O–H groups in total. The van der Waals surface area contributed by atoms with Crippen molar-refractivity contribution in [2.45, 2.75) is 45.1 Å². The van der Waals surface area contributed by atoms with Gasteiger partial charge in [0.15, 0.2) is 0 Å². The SMILES string of the molecule is N#Cc1ccc(CCC(=O)NCc2ccc(N3CCCCCC3)nc2)cc1. The molecule has 5 heteroatoms. The number of carbonyl (C=O) groups excluding carboxylic acids is 1. The number of nitrogens with one attached hydrogen (secondary N) is 1. The Bertz CT molecular complexity index is 769. The standard InChI is InChI=1S/C22H26N4O/c23-15-19-7-5-18(6-8-19)10-12-22(27)25-17-20-9-11-21(24-16-20)26-13-3-1-2-4-14-26/h5-9,11,16H,1-4,10,12-14,17H2,(H,25,27). The third-order valence-electron chi connectivity index (χ3n) is 4.95. The smallest absolute Gasteiger partial charge is 0.220 e. The summed E-state index contributed by atoms with van der Waals surface area (Å²) in [6, 6.07) is 13.6. The Kier molecular flexibility index (Phi) is 6.81. The van der Waals surface area contributed by atoms with Gasteiger partial charge in [0.05, 0.1) is 11.6 Å². The lowest BCUT2D eigenvalue weighted by molar-refractivity contribution is -0.121. The van der Waals surface area contributed by atoms with E-state index >= 15 is 0 Å². The molecule has 1 saturated heterocycles. The lowest BCUT2D eigenvalue weighted by Crippen LogP contribution is -2.25. The Balaban J connectivity index is 1.43. The fourth-order valence-corrected chi connectivity index (χ4v) is 3.30. The third kappa shape index (κ3) is 5.82. The van der Waals surface area contributed by atoms with Crippen LogP contribution < -0.4 is 10.2 Å². The highest BCUT2D eigenvalue weighted by Crippen LogP contribution is 2.17. The number of aromatic nitrogens is 1. The van der Waals surface area contributed by atoms with Crippen LogP contribution in [0.3, 0.4) is 0 Å². The van der Waals surface area contributed by atoms with Gasteiger partial charge in [0.25, 0.3) is 0 Å². The second kappa shape index (κ2) is 9.72. The molecule has 1 aliphatic heterocycles. The highest BCUT2D eigenvalue weighted by molar-refractivity contribution is 5.76. The zero-order chi connectivity index (χ0) is 18.9. The molecule has 1 aromatic carbocycles. The molecular weight excluding hydrogens is 336 g/mol. The minimum absolute atomic E-state index is 0.0240. The third-order valence-corrected chi connectivity index (χ3v) is 4.95. The quantitative estimate of drug-likeness (QED) is 0.853. The summed E-state index contributed by atoms with van der Waals surface area (Å²) in [5, 5.41) is 11.8. The predicted octanol–water partition coefficient (Wildman–Crippen LogP) is 3.58. The van der Waals surface area contributed by atoms with Crippen LogP contribution in [-0.4, -0.2) is 24.0 Å².